The number of rotatable bonds is 5. The summed E-state index contributed by atoms with van der Waals surface area (Å²) in [5, 5.41) is 2.79. The number of benzene rings is 2. The van der Waals surface area contributed by atoms with Gasteiger partial charge < -0.3 is 15.0 Å². The summed E-state index contributed by atoms with van der Waals surface area (Å²) in [7, 11) is -2.13. The van der Waals surface area contributed by atoms with Crippen LogP contribution in [0.2, 0.25) is 0 Å². The van der Waals surface area contributed by atoms with Crippen molar-refractivity contribution in [3.63, 3.8) is 0 Å². The van der Waals surface area contributed by atoms with Gasteiger partial charge in [-0.1, -0.05) is 24.6 Å². The average Bonchev–Trinajstić information content (AvgIpc) is 2.83. The maximum atomic E-state index is 13.6. The van der Waals surface area contributed by atoms with E-state index in [1.165, 1.54) is 10.4 Å². The molecule has 2 atom stereocenters. The van der Waals surface area contributed by atoms with Gasteiger partial charge >= 0.3 is 0 Å². The highest BCUT2D eigenvalue weighted by Gasteiger charge is 2.36. The number of sulfonamides is 1. The number of piperidine rings is 1. The van der Waals surface area contributed by atoms with Crippen LogP contribution in [0.25, 0.3) is 0 Å². The minimum atomic E-state index is -3.86. The fraction of sp³-hybridized carbons (Fsp3) is 0.440. The molecule has 2 aromatic rings. The van der Waals surface area contributed by atoms with Gasteiger partial charge in [0.1, 0.15) is 5.75 Å². The maximum Gasteiger partial charge on any atom is 0.265 e. The zero-order valence-corrected chi connectivity index (χ0v) is 20.8. The molecule has 2 aliphatic heterocycles. The molecule has 9 heteroatoms. The highest BCUT2D eigenvalue weighted by atomic mass is 32.2. The highest BCUT2D eigenvalue weighted by molar-refractivity contribution is 7.89. The van der Waals surface area contributed by atoms with Gasteiger partial charge in [-0.15, -0.1) is 0 Å². The Balaban J connectivity index is 1.56. The summed E-state index contributed by atoms with van der Waals surface area (Å²) in [5.74, 6) is -0.407. The number of fused-ring (bicyclic) bond motifs is 1. The predicted molar refractivity (Wildman–Crippen MR) is 131 cm³/mol. The number of hydrogen-bond donors (Lipinski definition) is 1. The Morgan fingerprint density at radius 2 is 1.91 bits per heavy atom. The first-order valence-electron chi connectivity index (χ1n) is 11.6. The van der Waals surface area contributed by atoms with E-state index in [4.69, 9.17) is 4.74 Å². The van der Waals surface area contributed by atoms with Crippen LogP contribution in [0.4, 0.5) is 11.4 Å². The van der Waals surface area contributed by atoms with Crippen molar-refractivity contribution >= 4 is 33.2 Å². The SMILES string of the molecule is CCC1Oc2cc(S(=O)(=O)N3CCCC(C(=O)N(C)c4ccc(C)cc4)C3)c(C)cc2NC1=O. The molecule has 4 rings (SSSR count). The van der Waals surface area contributed by atoms with Gasteiger partial charge in [-0.05, 0) is 56.9 Å². The van der Waals surface area contributed by atoms with Crippen LogP contribution in [-0.2, 0) is 19.6 Å². The molecule has 2 aliphatic rings. The number of aryl methyl sites for hydroxylation is 2. The van der Waals surface area contributed by atoms with Crippen molar-refractivity contribution < 1.29 is 22.7 Å². The van der Waals surface area contributed by atoms with Crippen LogP contribution in [0.5, 0.6) is 5.75 Å². The number of carbonyl (C=O) groups excluding carboxylic acids is 2. The zero-order valence-electron chi connectivity index (χ0n) is 20.0. The Morgan fingerprint density at radius 1 is 1.21 bits per heavy atom. The van der Waals surface area contributed by atoms with Crippen molar-refractivity contribution in [3.8, 4) is 5.75 Å². The largest absolute Gasteiger partial charge is 0.478 e. The fourth-order valence-corrected chi connectivity index (χ4v) is 6.25. The van der Waals surface area contributed by atoms with Crippen molar-refractivity contribution in [2.24, 2.45) is 5.92 Å². The Hall–Kier alpha value is -2.91. The van der Waals surface area contributed by atoms with Gasteiger partial charge in [0.25, 0.3) is 5.91 Å². The fourth-order valence-electron chi connectivity index (χ4n) is 4.50. The molecule has 2 unspecified atom stereocenters. The second-order valence-electron chi connectivity index (χ2n) is 9.05. The molecule has 2 aromatic carbocycles. The van der Waals surface area contributed by atoms with E-state index < -0.39 is 22.0 Å². The van der Waals surface area contributed by atoms with E-state index in [9.17, 15) is 18.0 Å². The molecule has 0 bridgehead atoms. The molecule has 0 aliphatic carbocycles. The summed E-state index contributed by atoms with van der Waals surface area (Å²) >= 11 is 0. The molecular weight excluding hydrogens is 454 g/mol. The molecule has 0 saturated carbocycles. The summed E-state index contributed by atoms with van der Waals surface area (Å²) in [6.07, 6.45) is 1.06. The molecule has 1 fully saturated rings. The van der Waals surface area contributed by atoms with Gasteiger partial charge in [0, 0.05) is 31.9 Å². The first kappa shape index (κ1) is 24.2. The Morgan fingerprint density at radius 3 is 2.59 bits per heavy atom. The molecule has 182 valence electrons. The monoisotopic (exact) mass is 485 g/mol. The average molecular weight is 486 g/mol. The van der Waals surface area contributed by atoms with Crippen molar-refractivity contribution in [2.75, 3.05) is 30.4 Å². The third kappa shape index (κ3) is 4.54. The lowest BCUT2D eigenvalue weighted by molar-refractivity contribution is -0.124. The van der Waals surface area contributed by atoms with Crippen LogP contribution in [0.1, 0.15) is 37.3 Å². The number of anilines is 2. The Kier molecular flexibility index (Phi) is 6.69. The third-order valence-corrected chi connectivity index (χ3v) is 8.58. The summed E-state index contributed by atoms with van der Waals surface area (Å²) in [6.45, 7) is 6.00. The first-order valence-corrected chi connectivity index (χ1v) is 13.0. The molecule has 0 aromatic heterocycles. The minimum absolute atomic E-state index is 0.0947. The van der Waals surface area contributed by atoms with E-state index in [0.717, 1.165) is 11.3 Å². The molecule has 0 spiro atoms. The van der Waals surface area contributed by atoms with Crippen LogP contribution < -0.4 is 15.0 Å². The second kappa shape index (κ2) is 9.38. The second-order valence-corrected chi connectivity index (χ2v) is 11.0. The van der Waals surface area contributed by atoms with E-state index in [-0.39, 0.29) is 23.3 Å². The van der Waals surface area contributed by atoms with E-state index in [1.54, 1.807) is 24.9 Å². The molecule has 34 heavy (non-hydrogen) atoms. The quantitative estimate of drug-likeness (QED) is 0.700. The van der Waals surface area contributed by atoms with E-state index in [0.29, 0.717) is 42.8 Å². The normalized spacial score (nSPS) is 20.8. The van der Waals surface area contributed by atoms with Gasteiger partial charge in [-0.3, -0.25) is 9.59 Å². The zero-order chi connectivity index (χ0) is 24.6. The van der Waals surface area contributed by atoms with Crippen molar-refractivity contribution in [3.05, 3.63) is 47.5 Å². The summed E-state index contributed by atoms with van der Waals surface area (Å²) in [6, 6.07) is 10.8. The van der Waals surface area contributed by atoms with Crippen LogP contribution in [0.15, 0.2) is 41.3 Å². The van der Waals surface area contributed by atoms with Gasteiger partial charge in [0.2, 0.25) is 15.9 Å². The smallest absolute Gasteiger partial charge is 0.265 e. The lowest BCUT2D eigenvalue weighted by atomic mass is 9.98. The molecule has 0 radical (unpaired) electrons. The summed E-state index contributed by atoms with van der Waals surface area (Å²) in [5.41, 5.74) is 2.87. The van der Waals surface area contributed by atoms with Crippen LogP contribution >= 0.6 is 0 Å². The van der Waals surface area contributed by atoms with Crippen molar-refractivity contribution in [1.29, 1.82) is 0 Å². The van der Waals surface area contributed by atoms with Crippen LogP contribution in [0.3, 0.4) is 0 Å². The third-order valence-electron chi connectivity index (χ3n) is 6.57. The Labute approximate surface area is 200 Å². The number of ether oxygens (including phenoxy) is 1. The lowest BCUT2D eigenvalue weighted by Crippen LogP contribution is -2.46. The van der Waals surface area contributed by atoms with Crippen LogP contribution in [0, 0.1) is 19.8 Å². The lowest BCUT2D eigenvalue weighted by Gasteiger charge is -2.34. The van der Waals surface area contributed by atoms with Crippen LogP contribution in [-0.4, -0.2) is 50.8 Å². The topological polar surface area (TPSA) is 96.0 Å². The molecule has 2 amide bonds. The predicted octanol–water partition coefficient (Wildman–Crippen LogP) is 3.48. The first-order chi connectivity index (χ1) is 16.1. The molecule has 8 nitrogen and oxygen atoms in total. The molecular formula is C25H31N3O5S. The standard InChI is InChI=1S/C25H31N3O5S/c1-5-21-24(29)26-20-13-17(3)23(14-22(20)33-21)34(31,32)28-12-6-7-18(15-28)25(30)27(4)19-10-8-16(2)9-11-19/h8-11,13-14,18,21H,5-7,12,15H2,1-4H3,(H,26,29). The number of amides is 2. The minimum Gasteiger partial charge on any atom is -0.478 e. The number of carbonyl (C=O) groups is 2. The summed E-state index contributed by atoms with van der Waals surface area (Å²) < 4.78 is 34.4. The number of nitrogens with one attached hydrogen (secondary N) is 1. The highest BCUT2D eigenvalue weighted by Crippen LogP contribution is 2.37. The number of hydrogen-bond acceptors (Lipinski definition) is 5. The number of nitrogens with zero attached hydrogens (tertiary/aromatic N) is 2. The Bertz CT molecular complexity index is 1210. The van der Waals surface area contributed by atoms with Crippen molar-refractivity contribution in [1.82, 2.24) is 4.31 Å². The molecule has 2 heterocycles. The van der Waals surface area contributed by atoms with Gasteiger partial charge in [-0.2, -0.15) is 4.31 Å². The molecule has 1 saturated heterocycles. The van der Waals surface area contributed by atoms with Gasteiger partial charge in [0.15, 0.2) is 6.10 Å². The molecule has 1 N–H and O–H groups in total. The maximum absolute atomic E-state index is 13.6. The van der Waals surface area contributed by atoms with E-state index in [1.807, 2.05) is 38.1 Å². The van der Waals surface area contributed by atoms with Gasteiger partial charge in [0.05, 0.1) is 16.5 Å². The summed E-state index contributed by atoms with van der Waals surface area (Å²) in [4.78, 5) is 27.0. The van der Waals surface area contributed by atoms with E-state index in [2.05, 4.69) is 5.32 Å². The van der Waals surface area contributed by atoms with Crippen molar-refractivity contribution in [2.45, 2.75) is 51.0 Å². The van der Waals surface area contributed by atoms with Gasteiger partial charge in [-0.25, -0.2) is 8.42 Å². The van der Waals surface area contributed by atoms with E-state index >= 15 is 0 Å².